The van der Waals surface area contributed by atoms with Gasteiger partial charge in [-0.1, -0.05) is 24.3 Å². The highest BCUT2D eigenvalue weighted by atomic mass is 32.1. The lowest BCUT2D eigenvalue weighted by Gasteiger charge is -2.22. The maximum atomic E-state index is 12.5. The van der Waals surface area contributed by atoms with E-state index >= 15 is 0 Å². The van der Waals surface area contributed by atoms with E-state index in [2.05, 4.69) is 22.4 Å². The minimum absolute atomic E-state index is 0.180. The average Bonchev–Trinajstić information content (AvgIpc) is 3.15. The van der Waals surface area contributed by atoms with Crippen molar-refractivity contribution in [2.75, 3.05) is 6.54 Å². The van der Waals surface area contributed by atoms with Crippen LogP contribution in [0.15, 0.2) is 47.8 Å². The molecule has 1 heterocycles. The van der Waals surface area contributed by atoms with Gasteiger partial charge in [-0.05, 0) is 42.8 Å². The summed E-state index contributed by atoms with van der Waals surface area (Å²) in [6.07, 6.45) is 3.28. The van der Waals surface area contributed by atoms with E-state index in [1.807, 2.05) is 30.3 Å². The van der Waals surface area contributed by atoms with Gasteiger partial charge in [-0.2, -0.15) is 0 Å². The lowest BCUT2D eigenvalue weighted by Crippen LogP contribution is -2.34. The molecule has 3 heteroatoms. The number of benzene rings is 1. The van der Waals surface area contributed by atoms with Gasteiger partial charge >= 0.3 is 0 Å². The predicted molar refractivity (Wildman–Crippen MR) is 78.5 cm³/mol. The Morgan fingerprint density at radius 2 is 1.95 bits per heavy atom. The van der Waals surface area contributed by atoms with Crippen LogP contribution >= 0.6 is 11.3 Å². The molecule has 1 aromatic heterocycles. The second-order valence-corrected chi connectivity index (χ2v) is 5.96. The first-order chi connectivity index (χ1) is 9.34. The van der Waals surface area contributed by atoms with Gasteiger partial charge in [0.05, 0.1) is 0 Å². The van der Waals surface area contributed by atoms with Crippen molar-refractivity contribution >= 4 is 17.2 Å². The van der Waals surface area contributed by atoms with Crippen LogP contribution in [-0.2, 0) is 6.42 Å². The highest BCUT2D eigenvalue weighted by Crippen LogP contribution is 2.28. The number of thiophene rings is 1. The molecule has 0 saturated heterocycles. The molecule has 98 valence electrons. The maximum absolute atomic E-state index is 12.5. The first-order valence-corrected chi connectivity index (χ1v) is 7.61. The molecule has 0 unspecified atom stereocenters. The number of amides is 1. The SMILES string of the molecule is O=C(c1ccccc1)N(CCc1cccs1)C1CC1. The van der Waals surface area contributed by atoms with E-state index in [1.54, 1.807) is 11.3 Å². The highest BCUT2D eigenvalue weighted by molar-refractivity contribution is 7.09. The molecule has 2 aromatic rings. The van der Waals surface area contributed by atoms with Gasteiger partial charge in [-0.3, -0.25) is 4.79 Å². The third-order valence-corrected chi connectivity index (χ3v) is 4.38. The van der Waals surface area contributed by atoms with Gasteiger partial charge in [0, 0.05) is 23.0 Å². The molecule has 1 amide bonds. The quantitative estimate of drug-likeness (QED) is 0.813. The zero-order valence-corrected chi connectivity index (χ0v) is 11.6. The van der Waals surface area contributed by atoms with Crippen molar-refractivity contribution in [1.82, 2.24) is 4.90 Å². The summed E-state index contributed by atoms with van der Waals surface area (Å²) in [7, 11) is 0. The fourth-order valence-corrected chi connectivity index (χ4v) is 2.97. The summed E-state index contributed by atoms with van der Waals surface area (Å²) in [6.45, 7) is 0.832. The molecule has 19 heavy (non-hydrogen) atoms. The van der Waals surface area contributed by atoms with Gasteiger partial charge < -0.3 is 4.90 Å². The van der Waals surface area contributed by atoms with Crippen LogP contribution in [0.3, 0.4) is 0 Å². The summed E-state index contributed by atoms with van der Waals surface area (Å²) < 4.78 is 0. The summed E-state index contributed by atoms with van der Waals surface area (Å²) in [5.74, 6) is 0.180. The third kappa shape index (κ3) is 3.04. The molecule has 1 fully saturated rings. The molecule has 1 aliphatic rings. The van der Waals surface area contributed by atoms with Crippen molar-refractivity contribution in [2.45, 2.75) is 25.3 Å². The highest BCUT2D eigenvalue weighted by Gasteiger charge is 2.32. The van der Waals surface area contributed by atoms with Crippen LogP contribution in [-0.4, -0.2) is 23.4 Å². The Balaban J connectivity index is 1.69. The largest absolute Gasteiger partial charge is 0.335 e. The Morgan fingerprint density at radius 3 is 2.58 bits per heavy atom. The maximum Gasteiger partial charge on any atom is 0.254 e. The molecular weight excluding hydrogens is 254 g/mol. The zero-order chi connectivity index (χ0) is 13.1. The minimum Gasteiger partial charge on any atom is -0.335 e. The molecule has 0 atom stereocenters. The van der Waals surface area contributed by atoms with Crippen LogP contribution in [0.2, 0.25) is 0 Å². The van der Waals surface area contributed by atoms with E-state index in [4.69, 9.17) is 0 Å². The van der Waals surface area contributed by atoms with Gasteiger partial charge in [0.2, 0.25) is 0 Å². The Hall–Kier alpha value is -1.61. The Labute approximate surface area is 117 Å². The van der Waals surface area contributed by atoms with Gasteiger partial charge in [-0.15, -0.1) is 11.3 Å². The van der Waals surface area contributed by atoms with Crippen molar-refractivity contribution in [3.05, 3.63) is 58.3 Å². The van der Waals surface area contributed by atoms with E-state index in [0.717, 1.165) is 31.4 Å². The standard InChI is InChI=1S/C16H17NOS/c18-16(13-5-2-1-3-6-13)17(14-8-9-14)11-10-15-7-4-12-19-15/h1-7,12,14H,8-11H2. The first kappa shape index (κ1) is 12.4. The lowest BCUT2D eigenvalue weighted by atomic mass is 10.2. The van der Waals surface area contributed by atoms with Gasteiger partial charge in [0.15, 0.2) is 0 Å². The second kappa shape index (κ2) is 5.57. The molecule has 2 nitrogen and oxygen atoms in total. The van der Waals surface area contributed by atoms with E-state index in [0.29, 0.717) is 6.04 Å². The van der Waals surface area contributed by atoms with Crippen molar-refractivity contribution in [1.29, 1.82) is 0 Å². The first-order valence-electron chi connectivity index (χ1n) is 6.73. The summed E-state index contributed by atoms with van der Waals surface area (Å²) in [5, 5.41) is 2.09. The van der Waals surface area contributed by atoms with E-state index in [1.165, 1.54) is 4.88 Å². The monoisotopic (exact) mass is 271 g/mol. The van der Waals surface area contributed by atoms with Crippen LogP contribution < -0.4 is 0 Å². The molecule has 1 aromatic carbocycles. The summed E-state index contributed by atoms with van der Waals surface area (Å²) in [6, 6.07) is 14.3. The van der Waals surface area contributed by atoms with Gasteiger partial charge in [-0.25, -0.2) is 0 Å². The number of carbonyl (C=O) groups is 1. The number of nitrogens with zero attached hydrogens (tertiary/aromatic N) is 1. The van der Waals surface area contributed by atoms with E-state index < -0.39 is 0 Å². The number of rotatable bonds is 5. The Kier molecular flexibility index (Phi) is 3.65. The number of hydrogen-bond acceptors (Lipinski definition) is 2. The molecule has 0 N–H and O–H groups in total. The number of carbonyl (C=O) groups excluding carboxylic acids is 1. The molecule has 0 bridgehead atoms. The van der Waals surface area contributed by atoms with Crippen molar-refractivity contribution in [3.8, 4) is 0 Å². The normalized spacial score (nSPS) is 14.3. The minimum atomic E-state index is 0.180. The lowest BCUT2D eigenvalue weighted by molar-refractivity contribution is 0.0745. The fourth-order valence-electron chi connectivity index (χ4n) is 2.27. The van der Waals surface area contributed by atoms with Crippen LogP contribution in [0, 0.1) is 0 Å². The van der Waals surface area contributed by atoms with Crippen molar-refractivity contribution in [3.63, 3.8) is 0 Å². The molecule has 0 aliphatic heterocycles. The molecular formula is C16H17NOS. The molecule has 0 spiro atoms. The average molecular weight is 271 g/mol. The van der Waals surface area contributed by atoms with Crippen molar-refractivity contribution in [2.24, 2.45) is 0 Å². The fraction of sp³-hybridized carbons (Fsp3) is 0.312. The molecule has 1 aliphatic carbocycles. The predicted octanol–water partition coefficient (Wildman–Crippen LogP) is 3.60. The van der Waals surface area contributed by atoms with Gasteiger partial charge in [0.1, 0.15) is 0 Å². The molecule has 1 saturated carbocycles. The summed E-state index contributed by atoms with van der Waals surface area (Å²) >= 11 is 1.77. The Morgan fingerprint density at radius 1 is 1.16 bits per heavy atom. The third-order valence-electron chi connectivity index (χ3n) is 3.45. The van der Waals surface area contributed by atoms with E-state index in [-0.39, 0.29) is 5.91 Å². The van der Waals surface area contributed by atoms with Crippen LogP contribution in [0.5, 0.6) is 0 Å². The number of hydrogen-bond donors (Lipinski definition) is 0. The van der Waals surface area contributed by atoms with Crippen LogP contribution in [0.25, 0.3) is 0 Å². The summed E-state index contributed by atoms with van der Waals surface area (Å²) in [5.41, 5.74) is 0.806. The van der Waals surface area contributed by atoms with Crippen LogP contribution in [0.4, 0.5) is 0 Å². The summed E-state index contributed by atoms with van der Waals surface area (Å²) in [4.78, 5) is 15.9. The second-order valence-electron chi connectivity index (χ2n) is 4.93. The zero-order valence-electron chi connectivity index (χ0n) is 10.8. The van der Waals surface area contributed by atoms with Gasteiger partial charge in [0.25, 0.3) is 5.91 Å². The molecule has 0 radical (unpaired) electrons. The van der Waals surface area contributed by atoms with Crippen molar-refractivity contribution < 1.29 is 4.79 Å². The Bertz CT molecular complexity index is 531. The smallest absolute Gasteiger partial charge is 0.254 e. The van der Waals surface area contributed by atoms with E-state index in [9.17, 15) is 4.79 Å². The van der Waals surface area contributed by atoms with Crippen LogP contribution in [0.1, 0.15) is 28.1 Å². The molecule has 3 rings (SSSR count). The topological polar surface area (TPSA) is 20.3 Å².